The van der Waals surface area contributed by atoms with E-state index in [4.69, 9.17) is 19.8 Å². The van der Waals surface area contributed by atoms with Crippen LogP contribution in [0.3, 0.4) is 0 Å². The first kappa shape index (κ1) is 25.0. The van der Waals surface area contributed by atoms with Gasteiger partial charge in [-0.1, -0.05) is 0 Å². The van der Waals surface area contributed by atoms with Gasteiger partial charge in [0.25, 0.3) is 0 Å². The van der Waals surface area contributed by atoms with Crippen LogP contribution in [-0.4, -0.2) is 55.6 Å². The summed E-state index contributed by atoms with van der Waals surface area (Å²) in [5.74, 6) is -0.294. The Kier molecular flexibility index (Phi) is 9.81. The lowest BCUT2D eigenvalue weighted by molar-refractivity contribution is 0.0798. The zero-order valence-corrected chi connectivity index (χ0v) is 18.6. The van der Waals surface area contributed by atoms with Gasteiger partial charge in [0.1, 0.15) is 22.3 Å². The van der Waals surface area contributed by atoms with Gasteiger partial charge in [-0.3, -0.25) is 0 Å². The largest absolute Gasteiger partial charge is 0.497 e. The first-order valence-electron chi connectivity index (χ1n) is 9.32. The van der Waals surface area contributed by atoms with Crippen molar-refractivity contribution >= 4 is 34.3 Å². The van der Waals surface area contributed by atoms with Crippen LogP contribution in [0.15, 0.2) is 46.4 Å². The number of halogens is 1. The van der Waals surface area contributed by atoms with Crippen LogP contribution >= 0.6 is 11.8 Å². The lowest BCUT2D eigenvalue weighted by Crippen LogP contribution is -2.17. The van der Waals surface area contributed by atoms with E-state index >= 15 is 4.39 Å². The summed E-state index contributed by atoms with van der Waals surface area (Å²) in [7, 11) is 2.62. The van der Waals surface area contributed by atoms with Crippen LogP contribution in [0.1, 0.15) is 16.7 Å². The van der Waals surface area contributed by atoms with Crippen molar-refractivity contribution in [1.82, 2.24) is 0 Å². The molecular weight excluding hydrogens is 437 g/mol. The Labute approximate surface area is 189 Å². The number of rotatable bonds is 8. The Morgan fingerprint density at radius 3 is 2.53 bits per heavy atom. The summed E-state index contributed by atoms with van der Waals surface area (Å²) in [6, 6.07) is 11.3. The van der Waals surface area contributed by atoms with E-state index < -0.39 is 11.9 Å². The van der Waals surface area contributed by atoms with E-state index in [1.54, 1.807) is 30.5 Å². The maximum absolute atomic E-state index is 15.5. The molecule has 2 aromatic rings. The molecule has 0 aromatic heterocycles. The summed E-state index contributed by atoms with van der Waals surface area (Å²) in [4.78, 5) is 20.2. The normalized spacial score (nSPS) is 11.8. The van der Waals surface area contributed by atoms with Crippen molar-refractivity contribution in [1.29, 1.82) is 5.26 Å². The summed E-state index contributed by atoms with van der Waals surface area (Å²) < 4.78 is 30.7. The average Bonchev–Trinajstić information content (AvgIpc) is 2.82. The van der Waals surface area contributed by atoms with Gasteiger partial charge in [0.15, 0.2) is 0 Å². The molecule has 8 nitrogen and oxygen atoms in total. The van der Waals surface area contributed by atoms with Crippen molar-refractivity contribution in [2.75, 3.05) is 33.7 Å². The van der Waals surface area contributed by atoms with Crippen LogP contribution in [0.5, 0.6) is 5.75 Å². The average molecular weight is 459 g/mol. The first-order valence-corrected chi connectivity index (χ1v) is 10.5. The number of aliphatic hydroxyl groups excluding tert-OH is 1. The van der Waals surface area contributed by atoms with Gasteiger partial charge in [-0.15, -0.1) is 11.8 Å². The van der Waals surface area contributed by atoms with Crippen molar-refractivity contribution < 1.29 is 28.5 Å². The Morgan fingerprint density at radius 1 is 1.25 bits per heavy atom. The highest BCUT2D eigenvalue weighted by molar-refractivity contribution is 8.15. The zero-order valence-electron chi connectivity index (χ0n) is 17.8. The molecule has 0 aliphatic carbocycles. The number of nitriles is 1. The summed E-state index contributed by atoms with van der Waals surface area (Å²) in [6.07, 6.45) is 0.802. The van der Waals surface area contributed by atoms with E-state index in [9.17, 15) is 4.79 Å². The molecule has 0 fully saturated rings. The molecule has 0 aliphatic rings. The molecule has 10 heteroatoms. The number of aliphatic imine (C=N–C) groups is 2. The second-order valence-electron chi connectivity index (χ2n) is 6.13. The molecule has 2 aromatic carbocycles. The van der Waals surface area contributed by atoms with E-state index in [1.165, 1.54) is 26.4 Å². The number of carbonyl (C=O) groups excluding carboxylic acids is 1. The van der Waals surface area contributed by atoms with E-state index in [-0.39, 0.29) is 41.7 Å². The number of amides is 1. The van der Waals surface area contributed by atoms with Gasteiger partial charge in [0.05, 0.1) is 51.4 Å². The molecule has 0 heterocycles. The summed E-state index contributed by atoms with van der Waals surface area (Å²) in [6.45, 7) is -0.270. The number of nitrogens with zero attached hydrogens (tertiary/aromatic N) is 3. The highest BCUT2D eigenvalue weighted by atomic mass is 32.2. The molecule has 0 aliphatic heterocycles. The molecule has 0 bridgehead atoms. The van der Waals surface area contributed by atoms with Crippen molar-refractivity contribution in [3.63, 3.8) is 0 Å². The number of hydrogen-bond acceptors (Lipinski definition) is 8. The summed E-state index contributed by atoms with van der Waals surface area (Å²) in [5, 5.41) is 18.1. The molecule has 0 saturated carbocycles. The minimum Gasteiger partial charge on any atom is -0.497 e. The second kappa shape index (κ2) is 12.6. The molecule has 32 heavy (non-hydrogen) atoms. The van der Waals surface area contributed by atoms with Crippen molar-refractivity contribution in [2.24, 2.45) is 9.98 Å². The van der Waals surface area contributed by atoms with Crippen LogP contribution < -0.4 is 4.74 Å². The van der Waals surface area contributed by atoms with Gasteiger partial charge in [0, 0.05) is 11.1 Å². The third-order valence-electron chi connectivity index (χ3n) is 4.11. The van der Waals surface area contributed by atoms with Crippen LogP contribution in [-0.2, 0) is 16.1 Å². The van der Waals surface area contributed by atoms with Crippen molar-refractivity contribution in [2.45, 2.75) is 6.61 Å². The number of benzene rings is 2. The minimum absolute atomic E-state index is 0.0355. The number of carbonyl (C=O) groups is 1. The molecule has 2 rings (SSSR count). The Morgan fingerprint density at radius 2 is 1.97 bits per heavy atom. The fraction of sp³-hybridized carbons (Fsp3) is 0.273. The van der Waals surface area contributed by atoms with Gasteiger partial charge >= 0.3 is 6.09 Å². The van der Waals surface area contributed by atoms with Gasteiger partial charge in [0.2, 0.25) is 0 Å². The predicted molar refractivity (Wildman–Crippen MR) is 120 cm³/mol. The fourth-order valence-corrected chi connectivity index (χ4v) is 3.10. The maximum atomic E-state index is 15.5. The fourth-order valence-electron chi connectivity index (χ4n) is 2.58. The third-order valence-corrected chi connectivity index (χ3v) is 4.78. The van der Waals surface area contributed by atoms with E-state index in [0.29, 0.717) is 17.0 Å². The second-order valence-corrected chi connectivity index (χ2v) is 6.93. The van der Waals surface area contributed by atoms with Gasteiger partial charge in [-0.05, 0) is 42.7 Å². The Hall–Kier alpha value is -3.26. The predicted octanol–water partition coefficient (Wildman–Crippen LogP) is 3.86. The maximum Gasteiger partial charge on any atom is 0.434 e. The van der Waals surface area contributed by atoms with Gasteiger partial charge in [-0.25, -0.2) is 14.2 Å². The van der Waals surface area contributed by atoms with Crippen LogP contribution in [0.4, 0.5) is 14.9 Å². The standard InChI is InChI=1S/C22H22FN3O5S/c1-29-17-10-15(13-31-9-8-27)19(23)18(11-17)20(21(32-3)26-22(28)30-2)25-16-6-4-14(12-24)5-7-16/h4-7,10-11,27H,8-9,13H2,1-3H3. The minimum atomic E-state index is -0.864. The molecular formula is C22H22FN3O5S. The molecule has 0 atom stereocenters. The molecule has 1 amide bonds. The van der Waals surface area contributed by atoms with E-state index in [0.717, 1.165) is 11.8 Å². The van der Waals surface area contributed by atoms with Gasteiger partial charge < -0.3 is 19.3 Å². The van der Waals surface area contributed by atoms with Gasteiger partial charge in [-0.2, -0.15) is 10.3 Å². The van der Waals surface area contributed by atoms with E-state index in [2.05, 4.69) is 14.7 Å². The number of methoxy groups -OCH3 is 2. The zero-order chi connectivity index (χ0) is 23.5. The highest BCUT2D eigenvalue weighted by Crippen LogP contribution is 2.27. The first-order chi connectivity index (χ1) is 15.5. The Bertz CT molecular complexity index is 1050. The smallest absolute Gasteiger partial charge is 0.434 e. The molecule has 168 valence electrons. The number of thioether (sulfide) groups is 1. The van der Waals surface area contributed by atoms with Crippen LogP contribution in [0.25, 0.3) is 0 Å². The lowest BCUT2D eigenvalue weighted by Gasteiger charge is -2.14. The quantitative estimate of drug-likeness (QED) is 0.362. The van der Waals surface area contributed by atoms with Crippen LogP contribution in [0.2, 0.25) is 0 Å². The number of ether oxygens (including phenoxy) is 3. The summed E-state index contributed by atoms with van der Waals surface area (Å²) in [5.41, 5.74) is 1.15. The molecule has 0 unspecified atom stereocenters. The molecule has 0 radical (unpaired) electrons. The molecule has 0 spiro atoms. The van der Waals surface area contributed by atoms with Crippen molar-refractivity contribution in [3.05, 3.63) is 58.9 Å². The molecule has 0 saturated heterocycles. The topological polar surface area (TPSA) is 114 Å². The number of hydrogen-bond donors (Lipinski definition) is 1. The highest BCUT2D eigenvalue weighted by Gasteiger charge is 2.21. The third kappa shape index (κ3) is 6.62. The lowest BCUT2D eigenvalue weighted by atomic mass is 10.0. The van der Waals surface area contributed by atoms with E-state index in [1.807, 2.05) is 6.07 Å². The number of aliphatic hydroxyl groups is 1. The van der Waals surface area contributed by atoms with Crippen LogP contribution in [0, 0.1) is 17.1 Å². The summed E-state index contributed by atoms with van der Waals surface area (Å²) >= 11 is 1.09. The SMILES string of the molecule is COC(=O)N=C(SC)C(=Nc1ccc(C#N)cc1)c1cc(OC)cc(COCCO)c1F. The molecule has 1 N–H and O–H groups in total. The van der Waals surface area contributed by atoms with Crippen molar-refractivity contribution in [3.8, 4) is 11.8 Å². The monoisotopic (exact) mass is 459 g/mol. The Balaban J connectivity index is 2.71.